The van der Waals surface area contributed by atoms with Gasteiger partial charge in [0, 0.05) is 0 Å². The molecule has 2 saturated heterocycles. The van der Waals surface area contributed by atoms with Crippen molar-refractivity contribution in [2.75, 3.05) is 19.1 Å². The Kier molecular flexibility index (Phi) is 7.02. The first-order chi connectivity index (χ1) is 17.2. The van der Waals surface area contributed by atoms with E-state index in [0.29, 0.717) is 12.8 Å². The topological polar surface area (TPSA) is 181 Å². The molecule has 3 N–H and O–H groups in total. The largest absolute Gasteiger partial charge is 0.478 e. The number of aromatic nitrogens is 3. The Labute approximate surface area is 203 Å². The number of nitriles is 1. The van der Waals surface area contributed by atoms with E-state index in [2.05, 4.69) is 10.1 Å². The highest BCUT2D eigenvalue weighted by Crippen LogP contribution is 2.58. The summed E-state index contributed by atoms with van der Waals surface area (Å²) in [5, 5.41) is 25.2. The summed E-state index contributed by atoms with van der Waals surface area (Å²) >= 11 is 0. The molecule has 5 atom stereocenters. The van der Waals surface area contributed by atoms with Gasteiger partial charge in [0.25, 0.3) is 0 Å². The van der Waals surface area contributed by atoms with E-state index < -0.39 is 44.5 Å². The Bertz CT molecular complexity index is 1210. The molecule has 2 fully saturated rings. The summed E-state index contributed by atoms with van der Waals surface area (Å²) in [6.07, 6.45) is 0.131. The molecule has 2 aromatic rings. The van der Waals surface area contributed by atoms with Gasteiger partial charge >= 0.3 is 13.8 Å². The third kappa shape index (κ3) is 4.65. The number of hydrogen-bond donors (Lipinski definition) is 2. The van der Waals surface area contributed by atoms with Crippen molar-refractivity contribution >= 4 is 25.1 Å². The number of phosphoric ester groups is 1. The minimum Gasteiger partial charge on any atom is -0.438 e. The number of aliphatic hydroxyl groups is 1. The van der Waals surface area contributed by atoms with Crippen molar-refractivity contribution in [1.29, 1.82) is 5.26 Å². The molecule has 0 aromatic carbocycles. The quantitative estimate of drug-likeness (QED) is 0.285. The number of carbonyl (C=O) groups excluding carboxylic acids is 1. The van der Waals surface area contributed by atoms with Gasteiger partial charge in [-0.05, 0) is 25.0 Å². The van der Waals surface area contributed by atoms with Gasteiger partial charge in [-0.2, -0.15) is 10.4 Å². The Balaban J connectivity index is 1.49. The van der Waals surface area contributed by atoms with Crippen LogP contribution in [0.25, 0.3) is 5.52 Å². The average Bonchev–Trinajstić information content (AvgIpc) is 3.34. The summed E-state index contributed by atoms with van der Waals surface area (Å²) in [4.78, 5) is 16.2. The van der Waals surface area contributed by atoms with Gasteiger partial charge in [-0.25, -0.2) is 18.6 Å². The van der Waals surface area contributed by atoms with Gasteiger partial charge in [0.2, 0.25) is 12.4 Å². The van der Waals surface area contributed by atoms with Gasteiger partial charge in [-0.3, -0.25) is 13.8 Å². The van der Waals surface area contributed by atoms with E-state index in [1.807, 2.05) is 19.9 Å². The van der Waals surface area contributed by atoms with Crippen LogP contribution in [0.3, 0.4) is 0 Å². The van der Waals surface area contributed by atoms with Crippen LogP contribution in [-0.4, -0.2) is 57.4 Å². The van der Waals surface area contributed by atoms with E-state index in [0.717, 1.165) is 19.2 Å². The summed E-state index contributed by atoms with van der Waals surface area (Å²) in [7, 11) is -4.26. The number of nitrogens with two attached hydrogens (primary N) is 1. The maximum atomic E-state index is 13.0. The molecule has 190 valence electrons. The third-order valence-electron chi connectivity index (χ3n) is 6.04. The number of anilines is 1. The zero-order valence-electron chi connectivity index (χ0n) is 20.3. The molecule has 0 aliphatic carbocycles. The second-order valence-corrected chi connectivity index (χ2v) is 9.95. The molecule has 0 spiro atoms. The van der Waals surface area contributed by atoms with E-state index in [9.17, 15) is 19.7 Å². The molecule has 0 saturated carbocycles. The highest BCUT2D eigenvalue weighted by atomic mass is 31.2. The molecule has 2 aliphatic heterocycles. The normalized spacial score (nSPS) is 30.7. The van der Waals surface area contributed by atoms with Crippen LogP contribution < -0.4 is 5.73 Å². The molecular formula is C21H28N5O8P. The smallest absolute Gasteiger partial charge is 0.438 e. The molecule has 4 heterocycles. The van der Waals surface area contributed by atoms with Gasteiger partial charge in [-0.1, -0.05) is 26.7 Å². The standard InChI is InChI=1S/C21H28N5O8P/c1-3-5-13(6-4-2)20(28)30-12-32-35(29)31-9-15-17(34-35)18(27)21(10-22,33-15)16-8-7-14-19(23)24-11-25-26(14)16/h7-8,11,13,15,17-18,27H,3-6,9,12H2,1-2H3,(H2,23,24,25)/t15-,17-,18-,21+,35+/m1/s1/i7D. The van der Waals surface area contributed by atoms with Gasteiger partial charge in [-0.15, -0.1) is 0 Å². The molecule has 13 nitrogen and oxygen atoms in total. The van der Waals surface area contributed by atoms with Crippen LogP contribution >= 0.6 is 7.82 Å². The number of ether oxygens (including phenoxy) is 2. The highest BCUT2D eigenvalue weighted by Gasteiger charge is 2.62. The Morgan fingerprint density at radius 2 is 2.26 bits per heavy atom. The van der Waals surface area contributed by atoms with E-state index in [1.165, 1.54) is 10.6 Å². The number of rotatable bonds is 9. The highest BCUT2D eigenvalue weighted by molar-refractivity contribution is 7.48. The van der Waals surface area contributed by atoms with Crippen molar-refractivity contribution in [3.63, 3.8) is 0 Å². The van der Waals surface area contributed by atoms with Crippen LogP contribution in [0.1, 0.15) is 46.6 Å². The monoisotopic (exact) mass is 510 g/mol. The summed E-state index contributed by atoms with van der Waals surface area (Å²) < 4.78 is 49.2. The van der Waals surface area contributed by atoms with Crippen molar-refractivity contribution in [3.05, 3.63) is 24.1 Å². The van der Waals surface area contributed by atoms with E-state index in [4.69, 9.17) is 30.1 Å². The number of hydrogen-bond acceptors (Lipinski definition) is 12. The fourth-order valence-electron chi connectivity index (χ4n) is 4.33. The summed E-state index contributed by atoms with van der Waals surface area (Å²) in [6.45, 7) is 2.92. The number of fused-ring (bicyclic) bond motifs is 2. The van der Waals surface area contributed by atoms with Crippen LogP contribution in [-0.2, 0) is 38.0 Å². The summed E-state index contributed by atoms with van der Waals surface area (Å²) in [5.41, 5.74) is 3.95. The maximum Gasteiger partial charge on any atom is 0.478 e. The molecule has 2 aromatic heterocycles. The Morgan fingerprint density at radius 1 is 1.51 bits per heavy atom. The number of esters is 1. The lowest BCUT2D eigenvalue weighted by Crippen LogP contribution is -2.43. The number of nitrogens with zero attached hydrogens (tertiary/aromatic N) is 4. The van der Waals surface area contributed by atoms with Crippen molar-refractivity contribution in [3.8, 4) is 6.07 Å². The number of aliphatic hydroxyl groups excluding tert-OH is 1. The lowest BCUT2D eigenvalue weighted by molar-refractivity contribution is -0.158. The van der Waals surface area contributed by atoms with Gasteiger partial charge in [0.1, 0.15) is 36.2 Å². The Morgan fingerprint density at radius 3 is 2.94 bits per heavy atom. The minimum atomic E-state index is -4.26. The minimum absolute atomic E-state index is 0.00591. The maximum absolute atomic E-state index is 13.0. The Hall–Kier alpha value is -2.59. The zero-order chi connectivity index (χ0) is 26.1. The first-order valence-corrected chi connectivity index (χ1v) is 12.8. The lowest BCUT2D eigenvalue weighted by Gasteiger charge is -2.30. The van der Waals surface area contributed by atoms with E-state index in [-0.39, 0.29) is 35.6 Å². The van der Waals surface area contributed by atoms with E-state index in [1.54, 1.807) is 0 Å². The number of carbonyl (C=O) groups is 1. The second-order valence-electron chi connectivity index (χ2n) is 8.33. The fourth-order valence-corrected chi connectivity index (χ4v) is 5.59. The molecule has 35 heavy (non-hydrogen) atoms. The molecule has 0 amide bonds. The van der Waals surface area contributed by atoms with Crippen molar-refractivity contribution in [2.45, 2.75) is 63.4 Å². The van der Waals surface area contributed by atoms with E-state index >= 15 is 0 Å². The molecular weight excluding hydrogens is 481 g/mol. The third-order valence-corrected chi connectivity index (χ3v) is 7.43. The second kappa shape index (κ2) is 10.2. The van der Waals surface area contributed by atoms with Crippen LogP contribution in [0.4, 0.5) is 5.82 Å². The van der Waals surface area contributed by atoms with Crippen molar-refractivity contribution < 1.29 is 38.9 Å². The summed E-state index contributed by atoms with van der Waals surface area (Å²) in [6, 6.07) is 3.13. The van der Waals surface area contributed by atoms with Gasteiger partial charge < -0.3 is 20.3 Å². The van der Waals surface area contributed by atoms with Crippen LogP contribution in [0.5, 0.6) is 0 Å². The van der Waals surface area contributed by atoms with Crippen molar-refractivity contribution in [1.82, 2.24) is 14.6 Å². The van der Waals surface area contributed by atoms with Crippen LogP contribution in [0.2, 0.25) is 0 Å². The number of nitrogen functional groups attached to an aromatic ring is 1. The first kappa shape index (κ1) is 24.1. The lowest BCUT2D eigenvalue weighted by atomic mass is 9.92. The molecule has 0 bridgehead atoms. The molecule has 14 heteroatoms. The van der Waals surface area contributed by atoms with Gasteiger partial charge in [0.15, 0.2) is 5.82 Å². The first-order valence-electron chi connectivity index (χ1n) is 11.8. The molecule has 4 rings (SSSR count). The van der Waals surface area contributed by atoms with Crippen LogP contribution in [0, 0.1) is 17.2 Å². The SMILES string of the molecule is [2H]c1cc([C@]2(C#N)O[C@@H]3CO[P@@](=O)(OCOC(=O)C(CCC)CCC)O[C@H]3[C@H]2O)n2ncnc(N)c12. The number of phosphoric acid groups is 1. The molecule has 0 unspecified atom stereocenters. The summed E-state index contributed by atoms with van der Waals surface area (Å²) in [5.74, 6) is -0.757. The van der Waals surface area contributed by atoms with Crippen molar-refractivity contribution in [2.24, 2.45) is 5.92 Å². The van der Waals surface area contributed by atoms with Crippen LogP contribution in [0.15, 0.2) is 18.4 Å². The van der Waals surface area contributed by atoms with Gasteiger partial charge in [0.05, 0.1) is 19.6 Å². The fraction of sp³-hybridized carbons (Fsp3) is 0.619. The predicted octanol–water partition coefficient (Wildman–Crippen LogP) is 2.05. The predicted molar refractivity (Wildman–Crippen MR) is 119 cm³/mol. The molecule has 0 radical (unpaired) electrons. The zero-order valence-corrected chi connectivity index (χ0v) is 20.2. The average molecular weight is 510 g/mol. The molecule has 2 aliphatic rings.